The fourth-order valence-electron chi connectivity index (χ4n) is 3.55. The maximum absolute atomic E-state index is 10.3. The van der Waals surface area contributed by atoms with Gasteiger partial charge < -0.3 is 19.8 Å². The van der Waals surface area contributed by atoms with Crippen LogP contribution in [0.15, 0.2) is 30.3 Å². The summed E-state index contributed by atoms with van der Waals surface area (Å²) in [6, 6.07) is 9.91. The van der Waals surface area contributed by atoms with Crippen LogP contribution in [0.3, 0.4) is 0 Å². The molecule has 4 heteroatoms. The Hall–Kier alpha value is -1.10. The molecule has 0 amide bonds. The third-order valence-electron chi connectivity index (χ3n) is 4.91. The van der Waals surface area contributed by atoms with Gasteiger partial charge in [-0.2, -0.15) is 0 Å². The third kappa shape index (κ3) is 5.20. The number of aliphatic hydroxyl groups is 2. The number of ether oxygens (including phenoxy) is 1. The largest absolute Gasteiger partial charge is 0.494 e. The van der Waals surface area contributed by atoms with Crippen LogP contribution in [-0.4, -0.2) is 54.1 Å². The van der Waals surface area contributed by atoms with E-state index in [4.69, 9.17) is 4.74 Å². The Balaban J connectivity index is 1.69. The highest BCUT2D eigenvalue weighted by molar-refractivity contribution is 5.20. The van der Waals surface area contributed by atoms with Gasteiger partial charge in [-0.3, -0.25) is 0 Å². The Morgan fingerprint density at radius 3 is 2.74 bits per heavy atom. The van der Waals surface area contributed by atoms with Crippen LogP contribution in [0.1, 0.15) is 39.0 Å². The number of piperidine rings is 1. The molecule has 2 rings (SSSR count). The number of aliphatic hydroxyl groups excluding tert-OH is 2. The molecule has 1 heterocycles. The molecule has 0 unspecified atom stereocenters. The predicted molar refractivity (Wildman–Crippen MR) is 92.7 cm³/mol. The molecular weight excluding hydrogens is 290 g/mol. The SMILES string of the molecule is CCC[C@@]1(CO)CN(CCCCOc2ccccc2)CC[C@@H]1O. The van der Waals surface area contributed by atoms with Crippen LogP contribution in [0, 0.1) is 5.41 Å². The minimum absolute atomic E-state index is 0.0790. The Kier molecular flexibility index (Phi) is 7.34. The molecule has 2 N–H and O–H groups in total. The molecule has 1 aromatic carbocycles. The maximum atomic E-state index is 10.3. The zero-order valence-electron chi connectivity index (χ0n) is 14.3. The van der Waals surface area contributed by atoms with Crippen LogP contribution in [-0.2, 0) is 0 Å². The highest BCUT2D eigenvalue weighted by Crippen LogP contribution is 2.34. The lowest BCUT2D eigenvalue weighted by atomic mass is 9.74. The van der Waals surface area contributed by atoms with Crippen molar-refractivity contribution in [1.29, 1.82) is 0 Å². The zero-order chi connectivity index (χ0) is 16.5. The van der Waals surface area contributed by atoms with E-state index in [1.165, 1.54) is 0 Å². The summed E-state index contributed by atoms with van der Waals surface area (Å²) >= 11 is 0. The van der Waals surface area contributed by atoms with Crippen molar-refractivity contribution in [1.82, 2.24) is 4.90 Å². The van der Waals surface area contributed by atoms with E-state index in [1.807, 2.05) is 30.3 Å². The molecule has 1 aliphatic heterocycles. The third-order valence-corrected chi connectivity index (χ3v) is 4.91. The van der Waals surface area contributed by atoms with Crippen LogP contribution < -0.4 is 4.74 Å². The van der Waals surface area contributed by atoms with E-state index in [2.05, 4.69) is 11.8 Å². The van der Waals surface area contributed by atoms with Crippen molar-refractivity contribution in [3.05, 3.63) is 30.3 Å². The summed E-state index contributed by atoms with van der Waals surface area (Å²) in [5.41, 5.74) is -0.326. The van der Waals surface area contributed by atoms with Crippen molar-refractivity contribution in [3.63, 3.8) is 0 Å². The monoisotopic (exact) mass is 321 g/mol. The smallest absolute Gasteiger partial charge is 0.119 e. The van der Waals surface area contributed by atoms with Crippen LogP contribution in [0.2, 0.25) is 0 Å². The molecule has 130 valence electrons. The highest BCUT2D eigenvalue weighted by atomic mass is 16.5. The first kappa shape index (κ1) is 18.2. The van der Waals surface area contributed by atoms with Gasteiger partial charge in [-0.05, 0) is 44.4 Å². The van der Waals surface area contributed by atoms with Gasteiger partial charge in [0, 0.05) is 18.5 Å². The molecular formula is C19H31NO3. The summed E-state index contributed by atoms with van der Waals surface area (Å²) in [6.07, 6.45) is 4.38. The molecule has 23 heavy (non-hydrogen) atoms. The molecule has 1 saturated heterocycles. The molecule has 2 atom stereocenters. The van der Waals surface area contributed by atoms with Gasteiger partial charge in [0.1, 0.15) is 5.75 Å². The van der Waals surface area contributed by atoms with Gasteiger partial charge in [-0.25, -0.2) is 0 Å². The average Bonchev–Trinajstić information content (AvgIpc) is 2.58. The Morgan fingerprint density at radius 2 is 2.04 bits per heavy atom. The Bertz CT molecular complexity index is 440. The van der Waals surface area contributed by atoms with E-state index in [0.717, 1.165) is 64.1 Å². The lowest BCUT2D eigenvalue weighted by Gasteiger charge is -2.45. The molecule has 4 nitrogen and oxygen atoms in total. The zero-order valence-corrected chi connectivity index (χ0v) is 14.3. The molecule has 0 spiro atoms. The second-order valence-corrected chi connectivity index (χ2v) is 6.72. The fraction of sp³-hybridized carbons (Fsp3) is 0.684. The van der Waals surface area contributed by atoms with Crippen LogP contribution in [0.25, 0.3) is 0 Å². The van der Waals surface area contributed by atoms with Crippen molar-refractivity contribution in [2.24, 2.45) is 5.41 Å². The van der Waals surface area contributed by atoms with Gasteiger partial charge >= 0.3 is 0 Å². The highest BCUT2D eigenvalue weighted by Gasteiger charge is 2.41. The van der Waals surface area contributed by atoms with Crippen molar-refractivity contribution in [2.45, 2.75) is 45.1 Å². The number of hydrogen-bond donors (Lipinski definition) is 2. The normalized spacial score (nSPS) is 25.4. The summed E-state index contributed by atoms with van der Waals surface area (Å²) in [7, 11) is 0. The molecule has 1 aromatic rings. The first-order valence-electron chi connectivity index (χ1n) is 8.89. The quantitative estimate of drug-likeness (QED) is 0.687. The number of benzene rings is 1. The molecule has 0 aliphatic carbocycles. The van der Waals surface area contributed by atoms with Gasteiger partial charge in [0.2, 0.25) is 0 Å². The summed E-state index contributed by atoms with van der Waals surface area (Å²) in [4.78, 5) is 2.39. The van der Waals surface area contributed by atoms with E-state index in [0.29, 0.717) is 0 Å². The van der Waals surface area contributed by atoms with Crippen LogP contribution >= 0.6 is 0 Å². The average molecular weight is 321 g/mol. The Labute approximate surface area is 140 Å². The fourth-order valence-corrected chi connectivity index (χ4v) is 3.55. The van der Waals surface area contributed by atoms with E-state index >= 15 is 0 Å². The number of likely N-dealkylation sites (tertiary alicyclic amines) is 1. The Morgan fingerprint density at radius 1 is 1.26 bits per heavy atom. The van der Waals surface area contributed by atoms with Crippen LogP contribution in [0.4, 0.5) is 0 Å². The van der Waals surface area contributed by atoms with Crippen molar-refractivity contribution < 1.29 is 14.9 Å². The molecule has 0 radical (unpaired) electrons. The van der Waals surface area contributed by atoms with Gasteiger partial charge in [-0.15, -0.1) is 0 Å². The summed E-state index contributed by atoms with van der Waals surface area (Å²) in [5.74, 6) is 0.927. The minimum Gasteiger partial charge on any atom is -0.494 e. The van der Waals surface area contributed by atoms with E-state index < -0.39 is 0 Å². The first-order valence-corrected chi connectivity index (χ1v) is 8.89. The molecule has 0 aromatic heterocycles. The lowest BCUT2D eigenvalue weighted by molar-refractivity contribution is -0.0802. The molecule has 1 aliphatic rings. The van der Waals surface area contributed by atoms with Gasteiger partial charge in [0.05, 0.1) is 19.3 Å². The first-order chi connectivity index (χ1) is 11.2. The van der Waals surface area contributed by atoms with E-state index in [-0.39, 0.29) is 18.1 Å². The molecule has 1 fully saturated rings. The number of rotatable bonds is 9. The number of hydrogen-bond acceptors (Lipinski definition) is 4. The minimum atomic E-state index is -0.370. The van der Waals surface area contributed by atoms with Gasteiger partial charge in [0.25, 0.3) is 0 Å². The van der Waals surface area contributed by atoms with Gasteiger partial charge in [-0.1, -0.05) is 31.5 Å². The number of nitrogens with zero attached hydrogens (tertiary/aromatic N) is 1. The predicted octanol–water partition coefficient (Wildman–Crippen LogP) is 2.69. The van der Waals surface area contributed by atoms with Crippen LogP contribution in [0.5, 0.6) is 5.75 Å². The lowest BCUT2D eigenvalue weighted by Crippen LogP contribution is -2.53. The topological polar surface area (TPSA) is 52.9 Å². The molecule has 0 saturated carbocycles. The van der Waals surface area contributed by atoms with E-state index in [9.17, 15) is 10.2 Å². The molecule has 0 bridgehead atoms. The van der Waals surface area contributed by atoms with Crippen molar-refractivity contribution in [2.75, 3.05) is 32.8 Å². The maximum Gasteiger partial charge on any atom is 0.119 e. The van der Waals surface area contributed by atoms with Gasteiger partial charge in [0.15, 0.2) is 0 Å². The summed E-state index contributed by atoms with van der Waals surface area (Å²) in [6.45, 7) is 5.67. The second kappa shape index (κ2) is 9.26. The van der Waals surface area contributed by atoms with Crippen molar-refractivity contribution >= 4 is 0 Å². The summed E-state index contributed by atoms with van der Waals surface area (Å²) in [5, 5.41) is 20.1. The number of para-hydroxylation sites is 1. The standard InChI is InChI=1S/C19H31NO3/c1-2-11-19(16-21)15-20(13-10-18(19)22)12-6-7-14-23-17-8-4-3-5-9-17/h3-5,8-9,18,21-22H,2,6-7,10-16H2,1H3/t18-,19-/m0/s1. The number of unbranched alkanes of at least 4 members (excludes halogenated alkanes) is 1. The second-order valence-electron chi connectivity index (χ2n) is 6.72. The summed E-state index contributed by atoms with van der Waals surface area (Å²) < 4.78 is 5.71. The van der Waals surface area contributed by atoms with Crippen molar-refractivity contribution in [3.8, 4) is 5.75 Å². The van der Waals surface area contributed by atoms with E-state index in [1.54, 1.807) is 0 Å².